The molecule has 1 rings (SSSR count). The van der Waals surface area contributed by atoms with Gasteiger partial charge in [-0.15, -0.1) is 0 Å². The third kappa shape index (κ3) is 2.96. The largest absolute Gasteiger partial charge is 0.325 e. The van der Waals surface area contributed by atoms with Gasteiger partial charge in [0.15, 0.2) is 0 Å². The zero-order valence-corrected chi connectivity index (χ0v) is 10.3. The van der Waals surface area contributed by atoms with Crippen LogP contribution in [0.5, 0.6) is 0 Å². The summed E-state index contributed by atoms with van der Waals surface area (Å²) in [4.78, 5) is 23.4. The Balaban J connectivity index is 3.20. The lowest BCUT2D eigenvalue weighted by Gasteiger charge is -2.17. The van der Waals surface area contributed by atoms with Crippen LogP contribution in [0.2, 0.25) is 5.02 Å². The topological polar surface area (TPSA) is 87.2 Å². The molecule has 0 aliphatic carbocycles. The summed E-state index contributed by atoms with van der Waals surface area (Å²) in [5.74, 6) is -0.553. The van der Waals surface area contributed by atoms with E-state index in [4.69, 9.17) is 16.9 Å². The van der Waals surface area contributed by atoms with Gasteiger partial charge in [-0.3, -0.25) is 14.9 Å². The molecule has 0 radical (unpaired) electrons. The van der Waals surface area contributed by atoms with E-state index in [-0.39, 0.29) is 22.8 Å². The third-order valence-electron chi connectivity index (χ3n) is 2.32. The maximum atomic E-state index is 12.0. The second-order valence-electron chi connectivity index (χ2n) is 3.40. The smallest absolute Gasteiger partial charge is 0.283 e. The number of carbonyl (C=O) groups excluding carboxylic acids is 1. The summed E-state index contributed by atoms with van der Waals surface area (Å²) in [5.41, 5.74) is -0.426. The molecule has 1 aromatic carbocycles. The molecule has 0 bridgehead atoms. The van der Waals surface area contributed by atoms with Crippen molar-refractivity contribution < 1.29 is 9.72 Å². The number of hydrogen-bond donors (Lipinski definition) is 0. The lowest BCUT2D eigenvalue weighted by Crippen LogP contribution is -2.31. The van der Waals surface area contributed by atoms with Crippen LogP contribution in [-0.2, 0) is 0 Å². The fraction of sp³-hybridized carbons (Fsp3) is 0.273. The van der Waals surface area contributed by atoms with Gasteiger partial charge < -0.3 is 4.90 Å². The summed E-state index contributed by atoms with van der Waals surface area (Å²) in [6, 6.07) is 5.66. The van der Waals surface area contributed by atoms with Crippen LogP contribution >= 0.6 is 11.6 Å². The molecule has 7 heteroatoms. The lowest BCUT2D eigenvalue weighted by atomic mass is 10.1. The van der Waals surface area contributed by atoms with Crippen LogP contribution in [0.1, 0.15) is 17.3 Å². The SMILES string of the molecule is CCN(CC#N)C(=O)c1ccc(Cl)cc1[N+](=O)[O-]. The third-order valence-corrected chi connectivity index (χ3v) is 2.55. The minimum absolute atomic E-state index is 0.0681. The molecular formula is C11H10ClN3O3. The Hall–Kier alpha value is -2.13. The number of nitro groups is 1. The van der Waals surface area contributed by atoms with Gasteiger partial charge in [0.2, 0.25) is 0 Å². The van der Waals surface area contributed by atoms with E-state index in [1.165, 1.54) is 17.0 Å². The molecule has 6 nitrogen and oxygen atoms in total. The molecule has 0 aliphatic heterocycles. The predicted octanol–water partition coefficient (Wildman–Crippen LogP) is 2.23. The van der Waals surface area contributed by atoms with Crippen molar-refractivity contribution in [3.63, 3.8) is 0 Å². The molecule has 0 unspecified atom stereocenters. The zero-order valence-electron chi connectivity index (χ0n) is 9.59. The van der Waals surface area contributed by atoms with Gasteiger partial charge in [-0.2, -0.15) is 5.26 Å². The molecule has 0 saturated carbocycles. The van der Waals surface area contributed by atoms with E-state index in [0.29, 0.717) is 6.54 Å². The van der Waals surface area contributed by atoms with Gasteiger partial charge in [-0.25, -0.2) is 0 Å². The lowest BCUT2D eigenvalue weighted by molar-refractivity contribution is -0.385. The van der Waals surface area contributed by atoms with E-state index < -0.39 is 10.8 Å². The van der Waals surface area contributed by atoms with E-state index in [0.717, 1.165) is 6.07 Å². The van der Waals surface area contributed by atoms with Crippen LogP contribution in [-0.4, -0.2) is 28.8 Å². The molecule has 94 valence electrons. The summed E-state index contributed by atoms with van der Waals surface area (Å²) in [7, 11) is 0. The standard InChI is InChI=1S/C11H10ClN3O3/c1-2-14(6-5-13)11(16)9-4-3-8(12)7-10(9)15(17)18/h3-4,7H,2,6H2,1H3. The van der Waals surface area contributed by atoms with Gasteiger partial charge in [-0.1, -0.05) is 11.6 Å². The number of rotatable bonds is 4. The van der Waals surface area contributed by atoms with E-state index in [1.807, 2.05) is 6.07 Å². The molecule has 0 N–H and O–H groups in total. The van der Waals surface area contributed by atoms with Crippen molar-refractivity contribution in [1.82, 2.24) is 4.90 Å². The summed E-state index contributed by atoms with van der Waals surface area (Å²) >= 11 is 5.66. The van der Waals surface area contributed by atoms with Crippen molar-refractivity contribution in [1.29, 1.82) is 5.26 Å². The van der Waals surface area contributed by atoms with Gasteiger partial charge >= 0.3 is 0 Å². The summed E-state index contributed by atoms with van der Waals surface area (Å²) in [5, 5.41) is 19.6. The molecule has 0 fully saturated rings. The molecule has 0 spiro atoms. The van der Waals surface area contributed by atoms with Crippen molar-refractivity contribution >= 4 is 23.2 Å². The number of hydrogen-bond acceptors (Lipinski definition) is 4. The first-order chi connectivity index (χ1) is 8.51. The zero-order chi connectivity index (χ0) is 13.7. The predicted molar refractivity (Wildman–Crippen MR) is 65.3 cm³/mol. The Bertz CT molecular complexity index is 525. The van der Waals surface area contributed by atoms with Crippen molar-refractivity contribution in [2.45, 2.75) is 6.92 Å². The fourth-order valence-corrected chi connectivity index (χ4v) is 1.59. The van der Waals surface area contributed by atoms with Crippen LogP contribution < -0.4 is 0 Å². The highest BCUT2D eigenvalue weighted by Crippen LogP contribution is 2.24. The van der Waals surface area contributed by atoms with Crippen LogP contribution in [0.3, 0.4) is 0 Å². The normalized spacial score (nSPS) is 9.61. The van der Waals surface area contributed by atoms with Crippen LogP contribution in [0.25, 0.3) is 0 Å². The molecule has 1 aromatic rings. The van der Waals surface area contributed by atoms with Crippen LogP contribution in [0.4, 0.5) is 5.69 Å². The molecule has 0 aromatic heterocycles. The minimum Gasteiger partial charge on any atom is -0.325 e. The molecule has 0 saturated heterocycles. The first-order valence-corrected chi connectivity index (χ1v) is 5.49. The summed E-state index contributed by atoms with van der Waals surface area (Å²) in [6.45, 7) is 1.87. The van der Waals surface area contributed by atoms with E-state index >= 15 is 0 Å². The Morgan fingerprint density at radius 1 is 1.61 bits per heavy atom. The second kappa shape index (κ2) is 5.98. The molecule has 18 heavy (non-hydrogen) atoms. The van der Waals surface area contributed by atoms with E-state index in [2.05, 4.69) is 0 Å². The quantitative estimate of drug-likeness (QED) is 0.475. The average molecular weight is 268 g/mol. The van der Waals surface area contributed by atoms with E-state index in [1.54, 1.807) is 6.92 Å². The first-order valence-electron chi connectivity index (χ1n) is 5.11. The monoisotopic (exact) mass is 267 g/mol. The summed E-state index contributed by atoms with van der Waals surface area (Å²) in [6.07, 6.45) is 0. The first kappa shape index (κ1) is 13.9. The summed E-state index contributed by atoms with van der Waals surface area (Å²) < 4.78 is 0. The van der Waals surface area contributed by atoms with Crippen LogP contribution in [0, 0.1) is 21.4 Å². The molecule has 0 heterocycles. The van der Waals surface area contributed by atoms with Crippen molar-refractivity contribution in [2.75, 3.05) is 13.1 Å². The number of nitro benzene ring substituents is 1. The van der Waals surface area contributed by atoms with Gasteiger partial charge in [0.1, 0.15) is 12.1 Å². The molecule has 0 aliphatic rings. The fourth-order valence-electron chi connectivity index (χ4n) is 1.42. The molecular weight excluding hydrogens is 258 g/mol. The number of halogens is 1. The highest BCUT2D eigenvalue weighted by molar-refractivity contribution is 6.31. The number of benzene rings is 1. The minimum atomic E-state index is -0.667. The number of nitriles is 1. The van der Waals surface area contributed by atoms with Crippen molar-refractivity contribution in [2.24, 2.45) is 0 Å². The number of nitrogens with zero attached hydrogens (tertiary/aromatic N) is 3. The maximum Gasteiger partial charge on any atom is 0.283 e. The van der Waals surface area contributed by atoms with Gasteiger partial charge in [-0.05, 0) is 19.1 Å². The Labute approximate surface area is 109 Å². The highest BCUT2D eigenvalue weighted by Gasteiger charge is 2.24. The Morgan fingerprint density at radius 2 is 2.28 bits per heavy atom. The number of amides is 1. The average Bonchev–Trinajstić information content (AvgIpc) is 2.35. The van der Waals surface area contributed by atoms with Crippen molar-refractivity contribution in [3.05, 3.63) is 38.9 Å². The van der Waals surface area contributed by atoms with Crippen LogP contribution in [0.15, 0.2) is 18.2 Å². The Morgan fingerprint density at radius 3 is 2.78 bits per heavy atom. The molecule has 1 amide bonds. The number of carbonyl (C=O) groups is 1. The van der Waals surface area contributed by atoms with E-state index in [9.17, 15) is 14.9 Å². The maximum absolute atomic E-state index is 12.0. The van der Waals surface area contributed by atoms with Gasteiger partial charge in [0, 0.05) is 17.6 Å². The molecule has 0 atom stereocenters. The highest BCUT2D eigenvalue weighted by atomic mass is 35.5. The van der Waals surface area contributed by atoms with Crippen molar-refractivity contribution in [3.8, 4) is 6.07 Å². The Kier molecular flexibility index (Phi) is 4.63. The van der Waals surface area contributed by atoms with Gasteiger partial charge in [0.05, 0.1) is 11.0 Å². The second-order valence-corrected chi connectivity index (χ2v) is 3.83. The van der Waals surface area contributed by atoms with Gasteiger partial charge in [0.25, 0.3) is 11.6 Å².